The van der Waals surface area contributed by atoms with Crippen molar-refractivity contribution in [2.75, 3.05) is 14.2 Å². The van der Waals surface area contributed by atoms with Crippen LogP contribution in [0.4, 0.5) is 0 Å². The molecule has 1 aromatic carbocycles. The van der Waals surface area contributed by atoms with Crippen LogP contribution >= 0.6 is 0 Å². The van der Waals surface area contributed by atoms with Crippen LogP contribution in [0.2, 0.25) is 0 Å². The predicted octanol–water partition coefficient (Wildman–Crippen LogP) is 2.53. The van der Waals surface area contributed by atoms with E-state index in [4.69, 9.17) is 20.1 Å². The van der Waals surface area contributed by atoms with Gasteiger partial charge in [0.05, 0.1) is 26.7 Å². The molecule has 1 N–H and O–H groups in total. The molecular formula is C11H13N3O4. The van der Waals surface area contributed by atoms with Crippen LogP contribution in [-0.4, -0.2) is 25.3 Å². The topological polar surface area (TPSA) is 105 Å². The third-order valence-electron chi connectivity index (χ3n) is 2.35. The largest absolute Gasteiger partial charge is 0.493 e. The lowest BCUT2D eigenvalue weighted by Crippen LogP contribution is -2.04. The van der Waals surface area contributed by atoms with Crippen LogP contribution in [0, 0.1) is 0 Å². The summed E-state index contributed by atoms with van der Waals surface area (Å²) in [6.45, 7) is 0. The molecular weight excluding hydrogens is 238 g/mol. The van der Waals surface area contributed by atoms with Gasteiger partial charge in [0.2, 0.25) is 0 Å². The maximum atomic E-state index is 10.7. The SMILES string of the molecule is COc1ccc(C(CC(=O)O)N=[N+]=[N-])cc1OC. The van der Waals surface area contributed by atoms with Crippen LogP contribution in [0.3, 0.4) is 0 Å². The number of carboxylic acids is 1. The second-order valence-corrected chi connectivity index (χ2v) is 3.43. The van der Waals surface area contributed by atoms with E-state index in [-0.39, 0.29) is 6.42 Å². The van der Waals surface area contributed by atoms with E-state index in [2.05, 4.69) is 10.0 Å². The van der Waals surface area contributed by atoms with E-state index in [9.17, 15) is 4.79 Å². The number of hydrogen-bond donors (Lipinski definition) is 1. The van der Waals surface area contributed by atoms with Crippen molar-refractivity contribution >= 4 is 5.97 Å². The van der Waals surface area contributed by atoms with E-state index >= 15 is 0 Å². The van der Waals surface area contributed by atoms with Gasteiger partial charge in [-0.15, -0.1) is 0 Å². The zero-order chi connectivity index (χ0) is 13.5. The van der Waals surface area contributed by atoms with Gasteiger partial charge in [0, 0.05) is 4.91 Å². The van der Waals surface area contributed by atoms with Gasteiger partial charge in [-0.1, -0.05) is 11.2 Å². The first-order valence-corrected chi connectivity index (χ1v) is 5.10. The number of methoxy groups -OCH3 is 2. The van der Waals surface area contributed by atoms with Gasteiger partial charge in [0.25, 0.3) is 0 Å². The average molecular weight is 251 g/mol. The number of ether oxygens (including phenoxy) is 2. The highest BCUT2D eigenvalue weighted by Crippen LogP contribution is 2.32. The Morgan fingerprint density at radius 2 is 2.11 bits per heavy atom. The first-order valence-electron chi connectivity index (χ1n) is 5.10. The molecule has 0 aliphatic carbocycles. The van der Waals surface area contributed by atoms with E-state index in [0.29, 0.717) is 17.1 Å². The fraction of sp³-hybridized carbons (Fsp3) is 0.364. The van der Waals surface area contributed by atoms with Gasteiger partial charge in [0.15, 0.2) is 11.5 Å². The number of aliphatic carboxylic acids is 1. The lowest BCUT2D eigenvalue weighted by molar-refractivity contribution is -0.137. The van der Waals surface area contributed by atoms with Crippen molar-refractivity contribution < 1.29 is 19.4 Å². The molecule has 0 aliphatic rings. The maximum Gasteiger partial charge on any atom is 0.304 e. The smallest absolute Gasteiger partial charge is 0.304 e. The fourth-order valence-electron chi connectivity index (χ4n) is 1.51. The summed E-state index contributed by atoms with van der Waals surface area (Å²) in [5.74, 6) is -0.0584. The molecule has 0 fully saturated rings. The standard InChI is InChI=1S/C11H13N3O4/c1-17-9-4-3-7(5-10(9)18-2)8(13-14-12)6-11(15)16/h3-5,8H,6H2,1-2H3,(H,15,16). The van der Waals surface area contributed by atoms with Crippen molar-refractivity contribution in [1.29, 1.82) is 0 Å². The zero-order valence-corrected chi connectivity index (χ0v) is 10.0. The second-order valence-electron chi connectivity index (χ2n) is 3.43. The Morgan fingerprint density at radius 3 is 2.61 bits per heavy atom. The first kappa shape index (κ1) is 13.7. The number of hydrogen-bond acceptors (Lipinski definition) is 4. The number of carboxylic acid groups (broad SMARTS) is 1. The second kappa shape index (κ2) is 6.36. The molecule has 18 heavy (non-hydrogen) atoms. The van der Waals surface area contributed by atoms with Crippen LogP contribution in [0.15, 0.2) is 23.3 Å². The van der Waals surface area contributed by atoms with Crippen LogP contribution in [0.25, 0.3) is 10.4 Å². The number of rotatable bonds is 6. The van der Waals surface area contributed by atoms with Gasteiger partial charge in [0.1, 0.15) is 0 Å². The minimum atomic E-state index is -1.04. The minimum Gasteiger partial charge on any atom is -0.493 e. The molecule has 0 bridgehead atoms. The molecule has 0 saturated heterocycles. The predicted molar refractivity (Wildman–Crippen MR) is 63.7 cm³/mol. The van der Waals surface area contributed by atoms with Crippen LogP contribution in [0.1, 0.15) is 18.0 Å². The zero-order valence-electron chi connectivity index (χ0n) is 10.0. The quantitative estimate of drug-likeness (QED) is 0.476. The molecule has 1 unspecified atom stereocenters. The summed E-state index contributed by atoms with van der Waals surface area (Å²) in [5, 5.41) is 12.2. The highest BCUT2D eigenvalue weighted by Gasteiger charge is 2.16. The molecule has 7 nitrogen and oxygen atoms in total. The van der Waals surface area contributed by atoms with Gasteiger partial charge in [-0.25, -0.2) is 0 Å². The van der Waals surface area contributed by atoms with Crippen LogP contribution in [-0.2, 0) is 4.79 Å². The number of nitrogens with zero attached hydrogens (tertiary/aromatic N) is 3. The Balaban J connectivity index is 3.12. The Hall–Kier alpha value is -2.40. The van der Waals surface area contributed by atoms with E-state index in [1.807, 2.05) is 0 Å². The molecule has 7 heteroatoms. The summed E-state index contributed by atoms with van der Waals surface area (Å²) >= 11 is 0. The first-order chi connectivity index (χ1) is 8.62. The van der Waals surface area contributed by atoms with Crippen molar-refractivity contribution in [3.63, 3.8) is 0 Å². The van der Waals surface area contributed by atoms with E-state index in [0.717, 1.165) is 0 Å². The Morgan fingerprint density at radius 1 is 1.44 bits per heavy atom. The molecule has 0 radical (unpaired) electrons. The van der Waals surface area contributed by atoms with Crippen molar-refractivity contribution in [1.82, 2.24) is 0 Å². The minimum absolute atomic E-state index is 0.278. The lowest BCUT2D eigenvalue weighted by atomic mass is 10.0. The van der Waals surface area contributed by atoms with Crippen LogP contribution < -0.4 is 9.47 Å². The number of carbonyl (C=O) groups is 1. The van der Waals surface area contributed by atoms with Gasteiger partial charge in [-0.3, -0.25) is 4.79 Å². The highest BCUT2D eigenvalue weighted by atomic mass is 16.5. The van der Waals surface area contributed by atoms with Crippen molar-refractivity contribution in [2.24, 2.45) is 5.11 Å². The summed E-state index contributed by atoms with van der Waals surface area (Å²) in [5.41, 5.74) is 9.01. The van der Waals surface area contributed by atoms with E-state index in [1.54, 1.807) is 18.2 Å². The molecule has 1 atom stereocenters. The molecule has 0 aromatic heterocycles. The van der Waals surface area contributed by atoms with E-state index in [1.165, 1.54) is 14.2 Å². The summed E-state index contributed by atoms with van der Waals surface area (Å²) in [6, 6.07) is 4.10. The van der Waals surface area contributed by atoms with Gasteiger partial charge >= 0.3 is 5.97 Å². The summed E-state index contributed by atoms with van der Waals surface area (Å²) in [6.07, 6.45) is -0.278. The third-order valence-corrected chi connectivity index (χ3v) is 2.35. The molecule has 0 saturated carbocycles. The van der Waals surface area contributed by atoms with Crippen LogP contribution in [0.5, 0.6) is 11.5 Å². The number of azide groups is 1. The van der Waals surface area contributed by atoms with Crippen molar-refractivity contribution in [2.45, 2.75) is 12.5 Å². The summed E-state index contributed by atoms with van der Waals surface area (Å²) < 4.78 is 10.2. The lowest BCUT2D eigenvalue weighted by Gasteiger charge is -2.13. The van der Waals surface area contributed by atoms with Gasteiger partial charge < -0.3 is 14.6 Å². The molecule has 0 aliphatic heterocycles. The fourth-order valence-corrected chi connectivity index (χ4v) is 1.51. The van der Waals surface area contributed by atoms with Crippen molar-refractivity contribution in [3.05, 3.63) is 34.2 Å². The maximum absolute atomic E-state index is 10.7. The number of benzene rings is 1. The summed E-state index contributed by atoms with van der Waals surface area (Å²) in [4.78, 5) is 13.3. The highest BCUT2D eigenvalue weighted by molar-refractivity contribution is 5.68. The molecule has 96 valence electrons. The van der Waals surface area contributed by atoms with E-state index < -0.39 is 12.0 Å². The Bertz CT molecular complexity index is 483. The molecule has 1 aromatic rings. The van der Waals surface area contributed by atoms with Crippen molar-refractivity contribution in [3.8, 4) is 11.5 Å². The Labute approximate surface area is 104 Å². The normalized spacial score (nSPS) is 11.2. The monoisotopic (exact) mass is 251 g/mol. The molecule has 0 heterocycles. The summed E-state index contributed by atoms with van der Waals surface area (Å²) in [7, 11) is 2.97. The molecule has 0 amide bonds. The average Bonchev–Trinajstić information content (AvgIpc) is 2.37. The molecule has 0 spiro atoms. The molecule has 1 rings (SSSR count). The van der Waals surface area contributed by atoms with Gasteiger partial charge in [-0.05, 0) is 23.2 Å². The van der Waals surface area contributed by atoms with Gasteiger partial charge in [-0.2, -0.15) is 0 Å². The third kappa shape index (κ3) is 3.29. The Kier molecular flexibility index (Phi) is 4.83.